The van der Waals surface area contributed by atoms with Crippen molar-refractivity contribution in [3.63, 3.8) is 0 Å². The van der Waals surface area contributed by atoms with Crippen LogP contribution in [0.25, 0.3) is 10.9 Å². The molecule has 170 valence electrons. The molecule has 3 aromatic rings. The second-order valence-electron chi connectivity index (χ2n) is 8.43. The largest absolute Gasteiger partial charge is 0.380 e. The highest BCUT2D eigenvalue weighted by molar-refractivity contribution is 5.95. The number of hydrogen-bond donors (Lipinski definition) is 3. The average Bonchev–Trinajstić information content (AvgIpc) is 3.32. The molecule has 2 aromatic carbocycles. The van der Waals surface area contributed by atoms with Crippen LogP contribution >= 0.6 is 0 Å². The first-order chi connectivity index (χ1) is 16.1. The van der Waals surface area contributed by atoms with Gasteiger partial charge in [0, 0.05) is 29.2 Å². The minimum absolute atomic E-state index is 0.157. The number of hydrogen-bond acceptors (Lipinski definition) is 6. The number of aromatic nitrogens is 1. The first-order valence-electron chi connectivity index (χ1n) is 11.0. The van der Waals surface area contributed by atoms with Gasteiger partial charge in [0.25, 0.3) is 11.8 Å². The first kappa shape index (κ1) is 21.5. The Balaban J connectivity index is 1.34. The van der Waals surface area contributed by atoms with E-state index in [0.29, 0.717) is 31.8 Å². The smallest absolute Gasteiger partial charge is 0.251 e. The number of amides is 2. The molecule has 8 heteroatoms. The maximum Gasteiger partial charge on any atom is 0.251 e. The van der Waals surface area contributed by atoms with Crippen molar-refractivity contribution in [1.82, 2.24) is 15.8 Å². The van der Waals surface area contributed by atoms with E-state index in [0.717, 1.165) is 34.1 Å². The third-order valence-electron chi connectivity index (χ3n) is 6.40. The number of nitrogens with zero attached hydrogens (tertiary/aromatic N) is 1. The van der Waals surface area contributed by atoms with Crippen molar-refractivity contribution in [1.29, 1.82) is 0 Å². The van der Waals surface area contributed by atoms with Gasteiger partial charge in [-0.1, -0.05) is 30.3 Å². The molecule has 2 aliphatic heterocycles. The van der Waals surface area contributed by atoms with E-state index in [1.54, 1.807) is 17.6 Å². The van der Waals surface area contributed by atoms with Gasteiger partial charge in [-0.2, -0.15) is 0 Å². The molecule has 33 heavy (non-hydrogen) atoms. The summed E-state index contributed by atoms with van der Waals surface area (Å²) < 4.78 is 11.0. The van der Waals surface area contributed by atoms with Crippen molar-refractivity contribution < 1.29 is 24.3 Å². The van der Waals surface area contributed by atoms with Crippen LogP contribution in [-0.2, 0) is 33.9 Å². The summed E-state index contributed by atoms with van der Waals surface area (Å²) in [6, 6.07) is 15.2. The van der Waals surface area contributed by atoms with E-state index in [1.807, 2.05) is 30.3 Å². The highest BCUT2D eigenvalue weighted by Gasteiger charge is 2.33. The van der Waals surface area contributed by atoms with Crippen LogP contribution < -0.4 is 10.8 Å². The van der Waals surface area contributed by atoms with Gasteiger partial charge in [0.2, 0.25) is 0 Å². The Morgan fingerprint density at radius 3 is 2.70 bits per heavy atom. The van der Waals surface area contributed by atoms with E-state index in [1.165, 1.54) is 5.56 Å². The van der Waals surface area contributed by atoms with Gasteiger partial charge in [-0.3, -0.25) is 14.8 Å². The molecule has 3 N–H and O–H groups in total. The summed E-state index contributed by atoms with van der Waals surface area (Å²) in [6.45, 7) is 1.71. The van der Waals surface area contributed by atoms with Crippen molar-refractivity contribution in [2.75, 3.05) is 13.2 Å². The molecule has 3 heterocycles. The fourth-order valence-corrected chi connectivity index (χ4v) is 4.60. The Kier molecular flexibility index (Phi) is 6.04. The molecule has 0 spiro atoms. The van der Waals surface area contributed by atoms with E-state index in [2.05, 4.69) is 11.4 Å². The fraction of sp³-hybridized carbons (Fsp3) is 0.320. The SMILES string of the molecule is O=C(N[C@@H]1CCOC[C@@H]1C(=O)NO)c1ccc(Cc2c3c(nc4ccccc24)COC3)cc1. The Bertz CT molecular complexity index is 1190. The molecule has 0 radical (unpaired) electrons. The van der Waals surface area contributed by atoms with Crippen molar-refractivity contribution in [3.8, 4) is 0 Å². The lowest BCUT2D eigenvalue weighted by Gasteiger charge is -2.30. The van der Waals surface area contributed by atoms with Gasteiger partial charge in [-0.05, 0) is 42.2 Å². The van der Waals surface area contributed by atoms with E-state index in [9.17, 15) is 9.59 Å². The number of nitrogens with one attached hydrogen (secondary N) is 2. The molecule has 0 unspecified atom stereocenters. The lowest BCUT2D eigenvalue weighted by molar-refractivity contribution is -0.138. The van der Waals surface area contributed by atoms with Crippen molar-refractivity contribution in [2.45, 2.75) is 32.1 Å². The highest BCUT2D eigenvalue weighted by atomic mass is 16.5. The Hall–Kier alpha value is -3.33. The molecule has 0 bridgehead atoms. The third-order valence-corrected chi connectivity index (χ3v) is 6.40. The number of benzene rings is 2. The van der Waals surface area contributed by atoms with Crippen molar-refractivity contribution >= 4 is 22.7 Å². The minimum Gasteiger partial charge on any atom is -0.380 e. The number of para-hydroxylation sites is 1. The molecule has 0 aliphatic carbocycles. The lowest BCUT2D eigenvalue weighted by Crippen LogP contribution is -2.51. The summed E-state index contributed by atoms with van der Waals surface area (Å²) in [4.78, 5) is 29.4. The van der Waals surface area contributed by atoms with Crippen molar-refractivity contribution in [3.05, 3.63) is 76.5 Å². The summed E-state index contributed by atoms with van der Waals surface area (Å²) in [5.41, 5.74) is 7.58. The number of pyridine rings is 1. The standard InChI is InChI=1S/C25H25N3O5/c29-24(27-22-9-10-32-13-20(22)25(30)28-31)16-7-5-15(6-8-16)11-18-17-3-1-2-4-21(17)26-23-14-33-12-19(18)23/h1-8,20,22,31H,9-14H2,(H,27,29)(H,28,30)/t20-,22+/m0/s1. The normalized spacial score (nSPS) is 19.8. The predicted octanol–water partition coefficient (Wildman–Crippen LogP) is 2.50. The molecule has 8 nitrogen and oxygen atoms in total. The molecular formula is C25H25N3O5. The summed E-state index contributed by atoms with van der Waals surface area (Å²) in [7, 11) is 0. The molecule has 1 fully saturated rings. The number of fused-ring (bicyclic) bond motifs is 2. The van der Waals surface area contributed by atoms with Crippen LogP contribution in [0.3, 0.4) is 0 Å². The minimum atomic E-state index is -0.628. The second-order valence-corrected chi connectivity index (χ2v) is 8.43. The Labute approximate surface area is 190 Å². The van der Waals surface area contributed by atoms with E-state index < -0.39 is 17.9 Å². The van der Waals surface area contributed by atoms with E-state index in [4.69, 9.17) is 19.7 Å². The van der Waals surface area contributed by atoms with Gasteiger partial charge in [0.05, 0.1) is 36.9 Å². The molecular weight excluding hydrogens is 422 g/mol. The summed E-state index contributed by atoms with van der Waals surface area (Å²) in [5, 5.41) is 13.0. The quantitative estimate of drug-likeness (QED) is 0.410. The number of rotatable bonds is 5. The molecule has 2 atom stereocenters. The summed E-state index contributed by atoms with van der Waals surface area (Å²) >= 11 is 0. The molecule has 1 saturated heterocycles. The van der Waals surface area contributed by atoms with Crippen LogP contribution in [0.4, 0.5) is 0 Å². The van der Waals surface area contributed by atoms with Crippen LogP contribution in [0.1, 0.15) is 39.2 Å². The van der Waals surface area contributed by atoms with Gasteiger partial charge in [-0.25, -0.2) is 10.5 Å². The zero-order chi connectivity index (χ0) is 22.8. The zero-order valence-corrected chi connectivity index (χ0v) is 18.0. The molecule has 2 aliphatic rings. The van der Waals surface area contributed by atoms with Crippen LogP contribution in [0.2, 0.25) is 0 Å². The summed E-state index contributed by atoms with van der Waals surface area (Å²) in [6.07, 6.45) is 1.22. The summed E-state index contributed by atoms with van der Waals surface area (Å²) in [5.74, 6) is -1.44. The third kappa shape index (κ3) is 4.32. The van der Waals surface area contributed by atoms with Gasteiger partial charge < -0.3 is 14.8 Å². The fourth-order valence-electron chi connectivity index (χ4n) is 4.60. The maximum absolute atomic E-state index is 12.8. The van der Waals surface area contributed by atoms with Gasteiger partial charge in [-0.15, -0.1) is 0 Å². The van der Waals surface area contributed by atoms with E-state index >= 15 is 0 Å². The first-order valence-corrected chi connectivity index (χ1v) is 11.0. The number of carbonyl (C=O) groups is 2. The number of hydroxylamine groups is 1. The molecule has 1 aromatic heterocycles. The van der Waals surface area contributed by atoms with Crippen LogP contribution in [0.15, 0.2) is 48.5 Å². The highest BCUT2D eigenvalue weighted by Crippen LogP contribution is 2.30. The van der Waals surface area contributed by atoms with Gasteiger partial charge >= 0.3 is 0 Å². The van der Waals surface area contributed by atoms with E-state index in [-0.39, 0.29) is 12.5 Å². The molecule has 0 saturated carbocycles. The second kappa shape index (κ2) is 9.27. The van der Waals surface area contributed by atoms with Crippen LogP contribution in [0, 0.1) is 5.92 Å². The average molecular weight is 447 g/mol. The molecule has 5 rings (SSSR count). The van der Waals surface area contributed by atoms with Crippen molar-refractivity contribution in [2.24, 2.45) is 5.92 Å². The lowest BCUT2D eigenvalue weighted by atomic mass is 9.94. The predicted molar refractivity (Wildman–Crippen MR) is 120 cm³/mol. The monoisotopic (exact) mass is 447 g/mol. The number of carbonyl (C=O) groups excluding carboxylic acids is 2. The van der Waals surface area contributed by atoms with Crippen LogP contribution in [0.5, 0.6) is 0 Å². The van der Waals surface area contributed by atoms with Gasteiger partial charge in [0.15, 0.2) is 0 Å². The van der Waals surface area contributed by atoms with Gasteiger partial charge in [0.1, 0.15) is 0 Å². The topological polar surface area (TPSA) is 110 Å². The Morgan fingerprint density at radius 2 is 1.88 bits per heavy atom. The molecule has 2 amide bonds. The zero-order valence-electron chi connectivity index (χ0n) is 18.0. The Morgan fingerprint density at radius 1 is 1.06 bits per heavy atom. The number of ether oxygens (including phenoxy) is 2. The van der Waals surface area contributed by atoms with Crippen LogP contribution in [-0.4, -0.2) is 41.3 Å². The maximum atomic E-state index is 12.8.